The number of likely N-dealkylation sites (tertiary alicyclic amines) is 1. The van der Waals surface area contributed by atoms with Gasteiger partial charge in [0.2, 0.25) is 0 Å². The van der Waals surface area contributed by atoms with Crippen LogP contribution in [0.2, 0.25) is 15.1 Å². The fourth-order valence-electron chi connectivity index (χ4n) is 3.65. The van der Waals surface area contributed by atoms with Crippen LogP contribution in [0.25, 0.3) is 0 Å². The molecular formula is C20H21Cl3N2O3S. The number of hydrogen-bond donors (Lipinski definition) is 0. The predicted octanol–water partition coefficient (Wildman–Crippen LogP) is 5.42. The second kappa shape index (κ2) is 8.80. The Morgan fingerprint density at radius 2 is 1.69 bits per heavy atom. The van der Waals surface area contributed by atoms with Crippen molar-refractivity contribution in [3.8, 4) is 0 Å². The van der Waals surface area contributed by atoms with Crippen LogP contribution in [0.1, 0.15) is 49.3 Å². The summed E-state index contributed by atoms with van der Waals surface area (Å²) in [6, 6.07) is 7.59. The Balaban J connectivity index is 1.88. The van der Waals surface area contributed by atoms with Gasteiger partial charge in [0.25, 0.3) is 5.91 Å². The third-order valence-corrected chi connectivity index (χ3v) is 7.93. The van der Waals surface area contributed by atoms with Gasteiger partial charge in [0.05, 0.1) is 31.4 Å². The number of sulfone groups is 1. The van der Waals surface area contributed by atoms with E-state index in [2.05, 4.69) is 4.98 Å². The number of benzene rings is 1. The van der Waals surface area contributed by atoms with Gasteiger partial charge in [-0.1, -0.05) is 40.9 Å². The lowest BCUT2D eigenvalue weighted by Gasteiger charge is -2.38. The number of halogens is 3. The van der Waals surface area contributed by atoms with Crippen molar-refractivity contribution in [2.45, 2.75) is 55.8 Å². The Kier molecular flexibility index (Phi) is 6.78. The van der Waals surface area contributed by atoms with Gasteiger partial charge >= 0.3 is 0 Å². The fraction of sp³-hybridized carbons (Fsp3) is 0.400. The van der Waals surface area contributed by atoms with E-state index in [-0.39, 0.29) is 49.3 Å². The summed E-state index contributed by atoms with van der Waals surface area (Å²) in [5.41, 5.74) is 0.494. The van der Waals surface area contributed by atoms with Crippen LogP contribution in [0.4, 0.5) is 0 Å². The first-order chi connectivity index (χ1) is 13.6. The van der Waals surface area contributed by atoms with Gasteiger partial charge in [-0.25, -0.2) is 13.4 Å². The largest absolute Gasteiger partial charge is 0.332 e. The van der Waals surface area contributed by atoms with Gasteiger partial charge in [-0.2, -0.15) is 0 Å². The van der Waals surface area contributed by atoms with Crippen molar-refractivity contribution in [2.24, 2.45) is 0 Å². The van der Waals surface area contributed by atoms with Crippen LogP contribution in [0.5, 0.6) is 0 Å². The maximum atomic E-state index is 13.0. The third-order valence-electron chi connectivity index (χ3n) is 5.10. The summed E-state index contributed by atoms with van der Waals surface area (Å²) < 4.78 is 25.7. The van der Waals surface area contributed by atoms with Gasteiger partial charge < -0.3 is 4.90 Å². The highest BCUT2D eigenvalue weighted by Crippen LogP contribution is 2.33. The van der Waals surface area contributed by atoms with Crippen molar-refractivity contribution in [3.63, 3.8) is 0 Å². The lowest BCUT2D eigenvalue weighted by Crippen LogP contribution is -2.47. The minimum Gasteiger partial charge on any atom is -0.332 e. The molecule has 1 aromatic heterocycles. The number of amides is 1. The molecule has 0 radical (unpaired) electrons. The maximum absolute atomic E-state index is 13.0. The highest BCUT2D eigenvalue weighted by atomic mass is 35.5. The molecule has 1 aliphatic rings. The van der Waals surface area contributed by atoms with Gasteiger partial charge in [0.15, 0.2) is 9.84 Å². The van der Waals surface area contributed by atoms with E-state index in [9.17, 15) is 13.2 Å². The number of pyridine rings is 1. The highest BCUT2D eigenvalue weighted by molar-refractivity contribution is 7.90. The van der Waals surface area contributed by atoms with E-state index in [1.807, 2.05) is 18.7 Å². The molecule has 156 valence electrons. The van der Waals surface area contributed by atoms with E-state index < -0.39 is 15.6 Å². The molecule has 0 bridgehead atoms. The average Bonchev–Trinajstić information content (AvgIpc) is 2.64. The number of aromatic nitrogens is 1. The summed E-state index contributed by atoms with van der Waals surface area (Å²) in [6.45, 7) is 4.04. The molecule has 1 amide bonds. The van der Waals surface area contributed by atoms with Crippen LogP contribution < -0.4 is 0 Å². The van der Waals surface area contributed by atoms with Gasteiger partial charge in [-0.15, -0.1) is 0 Å². The fourth-order valence-corrected chi connectivity index (χ4v) is 5.97. The number of carbonyl (C=O) groups excluding carboxylic acids is 1. The number of rotatable bonds is 4. The molecule has 2 atom stereocenters. The lowest BCUT2D eigenvalue weighted by molar-refractivity contribution is 0.0504. The summed E-state index contributed by atoms with van der Waals surface area (Å²) in [5.74, 6) is -0.590. The van der Waals surface area contributed by atoms with Crippen molar-refractivity contribution < 1.29 is 13.2 Å². The number of piperidine rings is 1. The topological polar surface area (TPSA) is 67.3 Å². The molecule has 2 heterocycles. The molecule has 1 saturated heterocycles. The van der Waals surface area contributed by atoms with E-state index in [4.69, 9.17) is 34.8 Å². The number of carbonyl (C=O) groups is 1. The van der Waals surface area contributed by atoms with Gasteiger partial charge in [0.1, 0.15) is 5.69 Å². The van der Waals surface area contributed by atoms with Crippen LogP contribution in [0.3, 0.4) is 0 Å². The zero-order valence-electron chi connectivity index (χ0n) is 16.0. The van der Waals surface area contributed by atoms with Crippen molar-refractivity contribution in [2.75, 3.05) is 0 Å². The molecule has 0 N–H and O–H groups in total. The van der Waals surface area contributed by atoms with Crippen LogP contribution in [-0.2, 0) is 15.6 Å². The van der Waals surface area contributed by atoms with Crippen LogP contribution in [0, 0.1) is 0 Å². The number of nitrogens with zero attached hydrogens (tertiary/aromatic N) is 2. The summed E-state index contributed by atoms with van der Waals surface area (Å²) in [5, 5.41) is 0.258. The molecule has 0 saturated carbocycles. The second-order valence-electron chi connectivity index (χ2n) is 7.31. The summed E-state index contributed by atoms with van der Waals surface area (Å²) in [4.78, 5) is 19.0. The van der Waals surface area contributed by atoms with Crippen molar-refractivity contribution in [1.29, 1.82) is 0 Å². The standard InChI is InChI=1S/C20H21Cl3N2O3S/c1-12-5-3-6-13(2)25(12)20(26)18-8-4-7-14(24-18)11-29(27,28)19-10-16(22)15(21)9-17(19)23/h4,7-10,12-13H,3,5-6,11H2,1-2H3/t12-,13+. The molecule has 1 aromatic carbocycles. The summed E-state index contributed by atoms with van der Waals surface area (Å²) in [7, 11) is -3.83. The highest BCUT2D eigenvalue weighted by Gasteiger charge is 2.30. The van der Waals surface area contributed by atoms with Crippen molar-refractivity contribution in [3.05, 3.63) is 56.8 Å². The molecule has 9 heteroatoms. The van der Waals surface area contributed by atoms with E-state index in [1.54, 1.807) is 18.2 Å². The van der Waals surface area contributed by atoms with E-state index in [1.165, 1.54) is 12.1 Å². The first-order valence-corrected chi connectivity index (χ1v) is 12.0. The van der Waals surface area contributed by atoms with Gasteiger partial charge in [-0.3, -0.25) is 4.79 Å². The molecule has 0 aliphatic carbocycles. The smallest absolute Gasteiger partial charge is 0.272 e. The molecule has 3 rings (SSSR count). The normalized spacial score (nSPS) is 20.0. The SMILES string of the molecule is C[C@@H]1CCC[C@H](C)N1C(=O)c1cccc(CS(=O)(=O)c2cc(Cl)c(Cl)cc2Cl)n1. The number of hydrogen-bond acceptors (Lipinski definition) is 4. The predicted molar refractivity (Wildman–Crippen MR) is 116 cm³/mol. The molecule has 1 aliphatic heterocycles. The quantitative estimate of drug-likeness (QED) is 0.554. The van der Waals surface area contributed by atoms with Crippen LogP contribution in [-0.4, -0.2) is 36.3 Å². The lowest BCUT2D eigenvalue weighted by atomic mass is 9.97. The van der Waals surface area contributed by atoms with E-state index in [0.29, 0.717) is 0 Å². The first-order valence-electron chi connectivity index (χ1n) is 9.26. The van der Waals surface area contributed by atoms with Crippen molar-refractivity contribution in [1.82, 2.24) is 9.88 Å². The van der Waals surface area contributed by atoms with Gasteiger partial charge in [0, 0.05) is 12.1 Å². The minimum absolute atomic E-state index is 0.0115. The Hall–Kier alpha value is -1.34. The van der Waals surface area contributed by atoms with Gasteiger partial charge in [-0.05, 0) is 57.4 Å². The van der Waals surface area contributed by atoms with E-state index >= 15 is 0 Å². The monoisotopic (exact) mass is 474 g/mol. The molecule has 2 aromatic rings. The van der Waals surface area contributed by atoms with E-state index in [0.717, 1.165) is 19.3 Å². The molecule has 0 spiro atoms. The van der Waals surface area contributed by atoms with Crippen molar-refractivity contribution >= 4 is 50.5 Å². The zero-order valence-corrected chi connectivity index (χ0v) is 19.1. The summed E-state index contributed by atoms with van der Waals surface area (Å²) >= 11 is 17.9. The molecule has 1 fully saturated rings. The Morgan fingerprint density at radius 1 is 1.07 bits per heavy atom. The third kappa shape index (κ3) is 4.88. The molecular weight excluding hydrogens is 455 g/mol. The zero-order chi connectivity index (χ0) is 21.3. The minimum atomic E-state index is -3.83. The maximum Gasteiger partial charge on any atom is 0.272 e. The summed E-state index contributed by atoms with van der Waals surface area (Å²) in [6.07, 6.45) is 2.97. The first kappa shape index (κ1) is 22.3. The molecule has 29 heavy (non-hydrogen) atoms. The Labute approximate surface area is 185 Å². The molecule has 5 nitrogen and oxygen atoms in total. The Morgan fingerprint density at radius 3 is 2.34 bits per heavy atom. The van der Waals surface area contributed by atoms with Crippen LogP contribution >= 0.6 is 34.8 Å². The van der Waals surface area contributed by atoms with Crippen LogP contribution in [0.15, 0.2) is 35.2 Å². The molecule has 0 unspecified atom stereocenters. The average molecular weight is 476 g/mol. The second-order valence-corrected chi connectivity index (χ2v) is 10.5. The Bertz CT molecular complexity index is 1030.